The maximum Gasteiger partial charge on any atom is 0.303 e. The van der Waals surface area contributed by atoms with Gasteiger partial charge in [0.25, 0.3) is 5.56 Å². The summed E-state index contributed by atoms with van der Waals surface area (Å²) in [6.07, 6.45) is 1.09. The Morgan fingerprint density at radius 1 is 1.50 bits per heavy atom. The summed E-state index contributed by atoms with van der Waals surface area (Å²) in [6.45, 7) is 0. The molecule has 0 spiro atoms. The number of carbonyl (C=O) groups is 1. The molecule has 0 aliphatic heterocycles. The highest BCUT2D eigenvalue weighted by atomic mass is 32.1. The maximum atomic E-state index is 10.9. The van der Waals surface area contributed by atoms with Crippen LogP contribution in [-0.4, -0.2) is 21.0 Å². The highest BCUT2D eigenvalue weighted by Gasteiger charge is 1.99. The number of aliphatic carboxylic acids is 1. The molecule has 14 heavy (non-hydrogen) atoms. The van der Waals surface area contributed by atoms with Crippen molar-refractivity contribution in [3.8, 4) is 0 Å². The monoisotopic (exact) mass is 214 g/mol. The second-order valence-electron chi connectivity index (χ2n) is 2.86. The van der Waals surface area contributed by atoms with Gasteiger partial charge in [0.2, 0.25) is 0 Å². The second kappa shape index (κ2) is 4.71. The summed E-state index contributed by atoms with van der Waals surface area (Å²) in [7, 11) is 0. The molecular formula is C8H10N2O3S. The first-order valence-electron chi connectivity index (χ1n) is 4.12. The molecule has 1 heterocycles. The molecule has 0 amide bonds. The van der Waals surface area contributed by atoms with Gasteiger partial charge in [-0.05, 0) is 25.1 Å². The Bertz CT molecular complexity index is 406. The molecule has 1 rings (SSSR count). The lowest BCUT2D eigenvalue weighted by atomic mass is 10.2. The van der Waals surface area contributed by atoms with E-state index in [0.717, 1.165) is 0 Å². The van der Waals surface area contributed by atoms with Crippen LogP contribution in [0.3, 0.4) is 0 Å². The van der Waals surface area contributed by atoms with E-state index >= 15 is 0 Å². The van der Waals surface area contributed by atoms with Crippen molar-refractivity contribution in [2.45, 2.75) is 19.3 Å². The van der Waals surface area contributed by atoms with Gasteiger partial charge in [0, 0.05) is 18.2 Å². The van der Waals surface area contributed by atoms with E-state index in [4.69, 9.17) is 17.3 Å². The zero-order valence-electron chi connectivity index (χ0n) is 7.37. The van der Waals surface area contributed by atoms with E-state index in [1.807, 2.05) is 0 Å². The van der Waals surface area contributed by atoms with Crippen molar-refractivity contribution in [3.63, 3.8) is 0 Å². The highest BCUT2D eigenvalue weighted by molar-refractivity contribution is 7.71. The van der Waals surface area contributed by atoms with Crippen molar-refractivity contribution >= 4 is 18.2 Å². The van der Waals surface area contributed by atoms with Crippen LogP contribution in [0.1, 0.15) is 18.5 Å². The lowest BCUT2D eigenvalue weighted by molar-refractivity contribution is -0.137. The molecule has 0 bridgehead atoms. The fraction of sp³-hybridized carbons (Fsp3) is 0.375. The van der Waals surface area contributed by atoms with E-state index in [9.17, 15) is 9.59 Å². The van der Waals surface area contributed by atoms with Gasteiger partial charge in [-0.15, -0.1) is 0 Å². The van der Waals surface area contributed by atoms with E-state index in [1.54, 1.807) is 0 Å². The van der Waals surface area contributed by atoms with Crippen LogP contribution in [0.15, 0.2) is 10.9 Å². The number of aryl methyl sites for hydroxylation is 1. The van der Waals surface area contributed by atoms with Crippen LogP contribution in [0.25, 0.3) is 0 Å². The van der Waals surface area contributed by atoms with Crippen molar-refractivity contribution in [1.29, 1.82) is 0 Å². The number of nitrogens with one attached hydrogen (secondary N) is 2. The first-order chi connectivity index (χ1) is 6.58. The summed E-state index contributed by atoms with van der Waals surface area (Å²) in [5, 5.41) is 8.40. The minimum Gasteiger partial charge on any atom is -0.481 e. The summed E-state index contributed by atoms with van der Waals surface area (Å²) >= 11 is 4.76. The predicted octanol–water partition coefficient (Wildman–Crippen LogP) is 0.840. The van der Waals surface area contributed by atoms with Crippen molar-refractivity contribution in [1.82, 2.24) is 9.97 Å². The van der Waals surface area contributed by atoms with Crippen LogP contribution in [0, 0.1) is 4.77 Å². The van der Waals surface area contributed by atoms with Crippen molar-refractivity contribution in [3.05, 3.63) is 26.9 Å². The minimum atomic E-state index is -0.839. The molecule has 0 unspecified atom stereocenters. The molecule has 5 nitrogen and oxygen atoms in total. The Hall–Kier alpha value is -1.43. The number of rotatable bonds is 4. The van der Waals surface area contributed by atoms with E-state index < -0.39 is 5.97 Å². The van der Waals surface area contributed by atoms with Crippen LogP contribution in [-0.2, 0) is 11.2 Å². The van der Waals surface area contributed by atoms with Gasteiger partial charge in [0.15, 0.2) is 4.77 Å². The second-order valence-corrected chi connectivity index (χ2v) is 3.27. The molecule has 3 N–H and O–H groups in total. The zero-order valence-corrected chi connectivity index (χ0v) is 8.19. The molecule has 76 valence electrons. The van der Waals surface area contributed by atoms with E-state index in [-0.39, 0.29) is 16.8 Å². The molecule has 0 saturated carbocycles. The number of H-pyrrole nitrogens is 2. The summed E-state index contributed by atoms with van der Waals surface area (Å²) in [5.74, 6) is -0.839. The lowest BCUT2D eigenvalue weighted by Crippen LogP contribution is -2.08. The van der Waals surface area contributed by atoms with Gasteiger partial charge < -0.3 is 10.1 Å². The van der Waals surface area contributed by atoms with Crippen LogP contribution < -0.4 is 5.56 Å². The molecule has 0 fully saturated rings. The van der Waals surface area contributed by atoms with Gasteiger partial charge in [-0.25, -0.2) is 0 Å². The van der Waals surface area contributed by atoms with Gasteiger partial charge in [-0.1, -0.05) is 0 Å². The van der Waals surface area contributed by atoms with Crippen molar-refractivity contribution < 1.29 is 9.90 Å². The normalized spacial score (nSPS) is 10.0. The Labute approximate surface area is 84.8 Å². The number of hydrogen-bond donors (Lipinski definition) is 3. The van der Waals surface area contributed by atoms with Crippen molar-refractivity contribution in [2.24, 2.45) is 0 Å². The van der Waals surface area contributed by atoms with E-state index in [0.29, 0.717) is 18.5 Å². The number of carboxylic acids is 1. The smallest absolute Gasteiger partial charge is 0.303 e. The Morgan fingerprint density at radius 2 is 2.21 bits per heavy atom. The predicted molar refractivity (Wildman–Crippen MR) is 52.8 cm³/mol. The summed E-state index contributed by atoms with van der Waals surface area (Å²) < 4.78 is 0.267. The lowest BCUT2D eigenvalue weighted by Gasteiger charge is -1.98. The number of carboxylic acid groups (broad SMARTS) is 1. The van der Waals surface area contributed by atoms with Gasteiger partial charge >= 0.3 is 5.97 Å². The minimum absolute atomic E-state index is 0.0907. The largest absolute Gasteiger partial charge is 0.481 e. The molecular weight excluding hydrogens is 204 g/mol. The van der Waals surface area contributed by atoms with Crippen LogP contribution in [0.5, 0.6) is 0 Å². The average molecular weight is 214 g/mol. The van der Waals surface area contributed by atoms with Crippen LogP contribution in [0.4, 0.5) is 0 Å². The number of aromatic nitrogens is 2. The zero-order chi connectivity index (χ0) is 10.6. The van der Waals surface area contributed by atoms with E-state index in [1.165, 1.54) is 6.07 Å². The van der Waals surface area contributed by atoms with Crippen molar-refractivity contribution in [2.75, 3.05) is 0 Å². The third-order valence-corrected chi connectivity index (χ3v) is 1.86. The van der Waals surface area contributed by atoms with E-state index in [2.05, 4.69) is 9.97 Å². The fourth-order valence-corrected chi connectivity index (χ4v) is 1.32. The summed E-state index contributed by atoms with van der Waals surface area (Å²) in [5.41, 5.74) is 0.402. The maximum absolute atomic E-state index is 10.9. The molecule has 0 atom stereocenters. The summed E-state index contributed by atoms with van der Waals surface area (Å²) in [4.78, 5) is 26.4. The SMILES string of the molecule is O=C(O)CCCc1cc(=O)[nH]c(=S)[nH]1. The van der Waals surface area contributed by atoms with Gasteiger partial charge in [0.1, 0.15) is 0 Å². The molecule has 0 aliphatic rings. The molecule has 1 aromatic heterocycles. The Kier molecular flexibility index (Phi) is 3.58. The first kappa shape index (κ1) is 10.6. The topological polar surface area (TPSA) is 85.9 Å². The molecule has 0 aliphatic carbocycles. The van der Waals surface area contributed by atoms with Crippen LogP contribution >= 0.6 is 12.2 Å². The Morgan fingerprint density at radius 3 is 2.79 bits per heavy atom. The third-order valence-electron chi connectivity index (χ3n) is 1.65. The number of aromatic amines is 2. The van der Waals surface area contributed by atoms with Crippen LogP contribution in [0.2, 0.25) is 0 Å². The highest BCUT2D eigenvalue weighted by Crippen LogP contribution is 1.98. The molecule has 6 heteroatoms. The van der Waals surface area contributed by atoms with Gasteiger partial charge in [-0.3, -0.25) is 14.6 Å². The standard InChI is InChI=1S/C8H10N2O3S/c11-6-4-5(9-8(14)10-6)2-1-3-7(12)13/h4H,1-3H2,(H,12,13)(H2,9,10,11,14). The quantitative estimate of drug-likeness (QED) is 0.648. The first-order valence-corrected chi connectivity index (χ1v) is 4.53. The summed E-state index contributed by atoms with van der Waals surface area (Å²) in [6, 6.07) is 1.39. The third kappa shape index (κ3) is 3.53. The van der Waals surface area contributed by atoms with Gasteiger partial charge in [0.05, 0.1) is 0 Å². The average Bonchev–Trinajstić information content (AvgIpc) is 2.01. The van der Waals surface area contributed by atoms with Gasteiger partial charge in [-0.2, -0.15) is 0 Å². The molecule has 0 saturated heterocycles. The fourth-order valence-electron chi connectivity index (χ4n) is 1.08. The molecule has 1 aromatic rings. The molecule has 0 aromatic carbocycles. The number of hydrogen-bond acceptors (Lipinski definition) is 3. The molecule has 0 radical (unpaired) electrons. The Balaban J connectivity index is 2.63.